The Balaban J connectivity index is 1.33. The van der Waals surface area contributed by atoms with E-state index in [0.717, 1.165) is 34.4 Å². The van der Waals surface area contributed by atoms with Crippen molar-refractivity contribution in [3.63, 3.8) is 0 Å². The summed E-state index contributed by atoms with van der Waals surface area (Å²) in [7, 11) is 0. The summed E-state index contributed by atoms with van der Waals surface area (Å²) in [5, 5.41) is 13.1. The number of anilines is 1. The van der Waals surface area contributed by atoms with Crippen molar-refractivity contribution >= 4 is 11.8 Å². The normalized spacial score (nSPS) is 27.3. The Labute approximate surface area is 194 Å². The number of benzene rings is 2. The molecule has 4 bridgehead atoms. The van der Waals surface area contributed by atoms with E-state index in [1.165, 1.54) is 38.5 Å². The summed E-state index contributed by atoms with van der Waals surface area (Å²) in [6.45, 7) is 0. The number of nitrogens with zero attached hydrogens (tertiary/aromatic N) is 1. The highest BCUT2D eigenvalue weighted by atomic mass is 16.4. The van der Waals surface area contributed by atoms with Crippen molar-refractivity contribution in [2.45, 2.75) is 44.9 Å². The van der Waals surface area contributed by atoms with Gasteiger partial charge in [0.1, 0.15) is 17.4 Å². The minimum Gasteiger partial charge on any atom is -0.438 e. The van der Waals surface area contributed by atoms with Crippen molar-refractivity contribution in [2.75, 3.05) is 5.32 Å². The third-order valence-electron chi connectivity index (χ3n) is 8.07. The first kappa shape index (κ1) is 20.3. The van der Waals surface area contributed by atoms with Crippen molar-refractivity contribution < 1.29 is 9.21 Å². The zero-order valence-electron chi connectivity index (χ0n) is 18.7. The van der Waals surface area contributed by atoms with Gasteiger partial charge in [-0.25, -0.2) is 0 Å². The van der Waals surface area contributed by atoms with Crippen LogP contribution in [0.5, 0.6) is 0 Å². The Bertz CT molecular complexity index is 1180. The average Bonchev–Trinajstić information content (AvgIpc) is 3.17. The Hall–Kier alpha value is -3.32. The van der Waals surface area contributed by atoms with Gasteiger partial charge in [0.05, 0.1) is 0 Å². The van der Waals surface area contributed by atoms with Gasteiger partial charge in [0.2, 0.25) is 11.8 Å². The van der Waals surface area contributed by atoms with Gasteiger partial charge in [0.15, 0.2) is 0 Å². The van der Waals surface area contributed by atoms with Crippen LogP contribution in [0.1, 0.15) is 50.5 Å². The number of furan rings is 1. The summed E-state index contributed by atoms with van der Waals surface area (Å²) in [6, 6.07) is 21.9. The minimum absolute atomic E-state index is 0.0265. The van der Waals surface area contributed by atoms with Crippen LogP contribution in [0.25, 0.3) is 22.5 Å². The second kappa shape index (κ2) is 7.92. The summed E-state index contributed by atoms with van der Waals surface area (Å²) >= 11 is 0. The number of nitrogens with one attached hydrogen (secondary N) is 1. The number of hydrogen-bond acceptors (Lipinski definition) is 3. The lowest BCUT2D eigenvalue weighted by Crippen LogP contribution is -2.47. The van der Waals surface area contributed by atoms with Crippen LogP contribution in [-0.4, -0.2) is 5.91 Å². The smallest absolute Gasteiger partial charge is 0.227 e. The summed E-state index contributed by atoms with van der Waals surface area (Å²) in [4.78, 5) is 13.3. The van der Waals surface area contributed by atoms with Gasteiger partial charge in [-0.15, -0.1) is 0 Å². The molecule has 4 aliphatic carbocycles. The largest absolute Gasteiger partial charge is 0.438 e. The maximum Gasteiger partial charge on any atom is 0.227 e. The van der Waals surface area contributed by atoms with Crippen LogP contribution in [0.2, 0.25) is 0 Å². The second-order valence-electron chi connectivity index (χ2n) is 10.5. The van der Waals surface area contributed by atoms with Crippen molar-refractivity contribution in [2.24, 2.45) is 23.2 Å². The SMILES string of the molecule is N#Cc1c(NC(=O)CC23CC4CC(CC(C4)C2)C3)oc(-c2ccccc2)c1-c1ccccc1. The number of carbonyl (C=O) groups excluding carboxylic acids is 1. The predicted octanol–water partition coefficient (Wildman–Crippen LogP) is 7.03. The first-order chi connectivity index (χ1) is 16.1. The van der Waals surface area contributed by atoms with Crippen LogP contribution in [0.4, 0.5) is 5.88 Å². The summed E-state index contributed by atoms with van der Waals surface area (Å²) in [5.41, 5.74) is 3.05. The lowest BCUT2D eigenvalue weighted by Gasteiger charge is -2.56. The lowest BCUT2D eigenvalue weighted by atomic mass is 9.49. The third-order valence-corrected chi connectivity index (χ3v) is 8.07. The van der Waals surface area contributed by atoms with Crippen LogP contribution in [-0.2, 0) is 4.79 Å². The van der Waals surface area contributed by atoms with E-state index in [1.54, 1.807) is 0 Å². The zero-order chi connectivity index (χ0) is 22.4. The van der Waals surface area contributed by atoms with Crippen molar-refractivity contribution in [3.05, 3.63) is 66.2 Å². The van der Waals surface area contributed by atoms with Gasteiger partial charge in [0, 0.05) is 17.5 Å². The quantitative estimate of drug-likeness (QED) is 0.467. The molecule has 0 spiro atoms. The van der Waals surface area contributed by atoms with Crippen LogP contribution in [0, 0.1) is 34.5 Å². The molecule has 4 heteroatoms. The fourth-order valence-corrected chi connectivity index (χ4v) is 7.32. The molecule has 4 nitrogen and oxygen atoms in total. The van der Waals surface area contributed by atoms with Crippen LogP contribution in [0.3, 0.4) is 0 Å². The van der Waals surface area contributed by atoms with E-state index in [1.807, 2.05) is 60.7 Å². The summed E-state index contributed by atoms with van der Waals surface area (Å²) in [5.74, 6) is 3.26. The maximum atomic E-state index is 13.3. The molecule has 0 atom stereocenters. The van der Waals surface area contributed by atoms with Crippen molar-refractivity contribution in [1.29, 1.82) is 5.26 Å². The fraction of sp³-hybridized carbons (Fsp3) is 0.379. The molecule has 166 valence electrons. The molecule has 1 amide bonds. The molecular formula is C29H28N2O2. The molecule has 0 saturated heterocycles. The molecule has 0 radical (unpaired) electrons. The maximum absolute atomic E-state index is 13.3. The molecule has 1 heterocycles. The molecular weight excluding hydrogens is 408 g/mol. The Kier molecular flexibility index (Phi) is 4.87. The van der Waals surface area contributed by atoms with E-state index in [-0.39, 0.29) is 17.2 Å². The van der Waals surface area contributed by atoms with E-state index >= 15 is 0 Å². The molecule has 4 aliphatic rings. The molecule has 2 aromatic carbocycles. The summed E-state index contributed by atoms with van der Waals surface area (Å²) < 4.78 is 6.21. The van der Waals surface area contributed by atoms with Crippen LogP contribution < -0.4 is 5.32 Å². The molecule has 4 fully saturated rings. The third kappa shape index (κ3) is 3.66. The molecule has 0 aliphatic heterocycles. The molecule has 0 unspecified atom stereocenters. The monoisotopic (exact) mass is 436 g/mol. The van der Waals surface area contributed by atoms with Crippen LogP contribution >= 0.6 is 0 Å². The van der Waals surface area contributed by atoms with E-state index < -0.39 is 0 Å². The van der Waals surface area contributed by atoms with E-state index in [9.17, 15) is 10.1 Å². The van der Waals surface area contributed by atoms with Gasteiger partial charge >= 0.3 is 0 Å². The first-order valence-electron chi connectivity index (χ1n) is 12.1. The molecule has 1 N–H and O–H groups in total. The standard InChI is InChI=1S/C29H28N2O2/c30-18-24-26(22-7-3-1-4-8-22)27(23-9-5-2-6-10-23)33-28(24)31-25(32)17-29-14-19-11-20(15-29)13-21(12-19)16-29/h1-10,19-21H,11-17H2,(H,31,32). The average molecular weight is 437 g/mol. The molecule has 33 heavy (non-hydrogen) atoms. The van der Waals surface area contributed by atoms with Crippen LogP contribution in [0.15, 0.2) is 65.1 Å². The zero-order valence-corrected chi connectivity index (χ0v) is 18.7. The predicted molar refractivity (Wildman–Crippen MR) is 128 cm³/mol. The van der Waals surface area contributed by atoms with E-state index in [2.05, 4.69) is 11.4 Å². The van der Waals surface area contributed by atoms with E-state index in [4.69, 9.17) is 4.42 Å². The first-order valence-corrected chi connectivity index (χ1v) is 12.1. The Morgan fingerprint density at radius 1 is 0.909 bits per heavy atom. The second-order valence-corrected chi connectivity index (χ2v) is 10.5. The van der Waals surface area contributed by atoms with Crippen molar-refractivity contribution in [3.8, 4) is 28.5 Å². The number of carbonyl (C=O) groups is 1. The fourth-order valence-electron chi connectivity index (χ4n) is 7.32. The highest BCUT2D eigenvalue weighted by molar-refractivity contribution is 5.96. The van der Waals surface area contributed by atoms with Gasteiger partial charge in [-0.1, -0.05) is 60.7 Å². The van der Waals surface area contributed by atoms with Gasteiger partial charge in [-0.3, -0.25) is 10.1 Å². The van der Waals surface area contributed by atoms with Crippen molar-refractivity contribution in [1.82, 2.24) is 0 Å². The number of rotatable bonds is 5. The summed E-state index contributed by atoms with van der Waals surface area (Å²) in [6.07, 6.45) is 8.15. The number of hydrogen-bond donors (Lipinski definition) is 1. The van der Waals surface area contributed by atoms with Gasteiger partial charge in [-0.05, 0) is 67.3 Å². The number of amides is 1. The Morgan fingerprint density at radius 3 is 2.00 bits per heavy atom. The Morgan fingerprint density at radius 2 is 1.45 bits per heavy atom. The molecule has 4 saturated carbocycles. The topological polar surface area (TPSA) is 66.0 Å². The molecule has 1 aromatic heterocycles. The highest BCUT2D eigenvalue weighted by Gasteiger charge is 2.51. The van der Waals surface area contributed by atoms with Gasteiger partial charge in [-0.2, -0.15) is 5.26 Å². The minimum atomic E-state index is -0.0265. The molecule has 3 aromatic rings. The van der Waals surface area contributed by atoms with Gasteiger partial charge < -0.3 is 4.42 Å². The molecule has 7 rings (SSSR count). The van der Waals surface area contributed by atoms with Gasteiger partial charge in [0.25, 0.3) is 0 Å². The lowest BCUT2D eigenvalue weighted by molar-refractivity contribution is -0.124. The van der Waals surface area contributed by atoms with E-state index in [0.29, 0.717) is 17.7 Å². The highest BCUT2D eigenvalue weighted by Crippen LogP contribution is 2.61. The number of nitriles is 1.